The van der Waals surface area contributed by atoms with Gasteiger partial charge in [-0.2, -0.15) is 0 Å². The third kappa shape index (κ3) is 5.66. The molecule has 0 radical (unpaired) electrons. The quantitative estimate of drug-likeness (QED) is 0.236. The van der Waals surface area contributed by atoms with Crippen LogP contribution < -0.4 is 5.73 Å². The van der Waals surface area contributed by atoms with Crippen molar-refractivity contribution in [1.82, 2.24) is 15.0 Å². The van der Waals surface area contributed by atoms with Gasteiger partial charge in [0, 0.05) is 5.56 Å². The number of ketones is 1. The minimum atomic E-state index is -1.32. The van der Waals surface area contributed by atoms with Gasteiger partial charge >= 0.3 is 0 Å². The molecular weight excluding hydrogens is 416 g/mol. The SMILES string of the molecule is C=C(C)C(=O)C(C(N)=O)c1cc(CCCCCCCC)cc(-n2nc3ccccc3n2)c1O. The number of nitrogens with zero attached hydrogens (tertiary/aromatic N) is 3. The van der Waals surface area contributed by atoms with Crippen LogP contribution in [0.3, 0.4) is 0 Å². The molecule has 3 N–H and O–H groups in total. The van der Waals surface area contributed by atoms with Crippen LogP contribution in [-0.4, -0.2) is 31.8 Å². The van der Waals surface area contributed by atoms with Crippen LogP contribution in [0.5, 0.6) is 5.75 Å². The van der Waals surface area contributed by atoms with Crippen LogP contribution in [0, 0.1) is 0 Å². The number of hydrogen-bond acceptors (Lipinski definition) is 5. The molecule has 1 aromatic heterocycles. The predicted molar refractivity (Wildman–Crippen MR) is 129 cm³/mol. The minimum absolute atomic E-state index is 0.162. The molecule has 0 aliphatic heterocycles. The smallest absolute Gasteiger partial charge is 0.233 e. The predicted octanol–water partition coefficient (Wildman–Crippen LogP) is 4.74. The number of fused-ring (bicyclic) bond motifs is 1. The summed E-state index contributed by atoms with van der Waals surface area (Å²) in [6.07, 6.45) is 7.58. The monoisotopic (exact) mass is 448 g/mol. The third-order valence-electron chi connectivity index (χ3n) is 5.78. The number of hydrogen-bond donors (Lipinski definition) is 2. The number of rotatable bonds is 12. The lowest BCUT2D eigenvalue weighted by molar-refractivity contribution is -0.126. The van der Waals surface area contributed by atoms with Gasteiger partial charge in [-0.25, -0.2) is 0 Å². The fourth-order valence-corrected chi connectivity index (χ4v) is 3.97. The van der Waals surface area contributed by atoms with Crippen LogP contribution >= 0.6 is 0 Å². The molecule has 33 heavy (non-hydrogen) atoms. The van der Waals surface area contributed by atoms with E-state index < -0.39 is 17.6 Å². The van der Waals surface area contributed by atoms with E-state index in [-0.39, 0.29) is 16.9 Å². The highest BCUT2D eigenvalue weighted by Crippen LogP contribution is 2.35. The second kappa shape index (κ2) is 10.9. The summed E-state index contributed by atoms with van der Waals surface area (Å²) in [5, 5.41) is 20.1. The van der Waals surface area contributed by atoms with Gasteiger partial charge in [0.15, 0.2) is 5.78 Å². The van der Waals surface area contributed by atoms with Crippen LogP contribution in [0.4, 0.5) is 0 Å². The van der Waals surface area contributed by atoms with Gasteiger partial charge in [-0.15, -0.1) is 15.0 Å². The van der Waals surface area contributed by atoms with Crippen LogP contribution in [0.1, 0.15) is 69.4 Å². The van der Waals surface area contributed by atoms with Crippen LogP contribution in [0.15, 0.2) is 48.6 Å². The first-order chi connectivity index (χ1) is 15.8. The van der Waals surface area contributed by atoms with E-state index in [0.29, 0.717) is 16.7 Å². The number of phenolic OH excluding ortho intramolecular Hbond substituents is 1. The topological polar surface area (TPSA) is 111 Å². The minimum Gasteiger partial charge on any atom is -0.505 e. The maximum Gasteiger partial charge on any atom is 0.233 e. The largest absolute Gasteiger partial charge is 0.505 e. The van der Waals surface area contributed by atoms with Gasteiger partial charge in [0.25, 0.3) is 0 Å². The van der Waals surface area contributed by atoms with Crippen molar-refractivity contribution in [1.29, 1.82) is 0 Å². The van der Waals surface area contributed by atoms with Crippen LogP contribution in [0.2, 0.25) is 0 Å². The normalized spacial score (nSPS) is 12.1. The number of allylic oxidation sites excluding steroid dienone is 1. The third-order valence-corrected chi connectivity index (χ3v) is 5.78. The number of phenols is 1. The molecule has 0 fully saturated rings. The fourth-order valence-electron chi connectivity index (χ4n) is 3.97. The number of primary amides is 1. The highest BCUT2D eigenvalue weighted by Gasteiger charge is 2.31. The van der Waals surface area contributed by atoms with E-state index in [0.717, 1.165) is 31.2 Å². The van der Waals surface area contributed by atoms with Gasteiger partial charge in [-0.3, -0.25) is 9.59 Å². The number of nitrogens with two attached hydrogens (primary N) is 1. The van der Waals surface area contributed by atoms with E-state index in [1.807, 2.05) is 30.3 Å². The average molecular weight is 449 g/mol. The number of Topliss-reactive ketones (excluding diaryl/α,β-unsaturated/α-hetero) is 1. The Labute approximate surface area is 194 Å². The first-order valence-electron chi connectivity index (χ1n) is 11.5. The summed E-state index contributed by atoms with van der Waals surface area (Å²) in [7, 11) is 0. The lowest BCUT2D eigenvalue weighted by Crippen LogP contribution is -2.29. The summed E-state index contributed by atoms with van der Waals surface area (Å²) >= 11 is 0. The number of carbonyl (C=O) groups excluding carboxylic acids is 2. The zero-order valence-corrected chi connectivity index (χ0v) is 19.4. The molecule has 3 aromatic rings. The van der Waals surface area contributed by atoms with E-state index in [4.69, 9.17) is 5.73 Å². The molecule has 1 heterocycles. The molecule has 0 aliphatic carbocycles. The molecule has 1 unspecified atom stereocenters. The Hall–Kier alpha value is -3.48. The van der Waals surface area contributed by atoms with Gasteiger partial charge < -0.3 is 10.8 Å². The Kier molecular flexibility index (Phi) is 7.98. The van der Waals surface area contributed by atoms with Crippen molar-refractivity contribution in [2.45, 2.75) is 64.7 Å². The zero-order valence-electron chi connectivity index (χ0n) is 19.4. The summed E-state index contributed by atoms with van der Waals surface area (Å²) in [6, 6.07) is 10.9. The molecule has 1 atom stereocenters. The van der Waals surface area contributed by atoms with Crippen molar-refractivity contribution in [2.24, 2.45) is 5.73 Å². The summed E-state index contributed by atoms with van der Waals surface area (Å²) in [5.41, 5.74) is 8.49. The molecule has 0 saturated heterocycles. The summed E-state index contributed by atoms with van der Waals surface area (Å²) < 4.78 is 0. The standard InChI is InChI=1S/C26H32N4O3/c1-4-5-6-7-8-9-12-18-15-19(23(26(27)33)24(31)17(2)3)25(32)22(16-18)30-28-20-13-10-11-14-21(20)29-30/h10-11,13-16,23,32H,2,4-9,12H2,1,3H3,(H2,27,33). The van der Waals surface area contributed by atoms with Crippen LogP contribution in [0.25, 0.3) is 16.7 Å². The molecule has 0 saturated carbocycles. The Bertz CT molecular complexity index is 1130. The van der Waals surface area contributed by atoms with Gasteiger partial charge in [-0.05, 0) is 49.1 Å². The number of aromatic hydroxyl groups is 1. The van der Waals surface area contributed by atoms with E-state index >= 15 is 0 Å². The van der Waals surface area contributed by atoms with Crippen molar-refractivity contribution in [3.8, 4) is 11.4 Å². The molecule has 0 spiro atoms. The molecule has 7 heteroatoms. The Morgan fingerprint density at radius 1 is 1.06 bits per heavy atom. The van der Waals surface area contributed by atoms with Gasteiger partial charge in [0.1, 0.15) is 28.4 Å². The highest BCUT2D eigenvalue weighted by atomic mass is 16.3. The van der Waals surface area contributed by atoms with Crippen LogP contribution in [-0.2, 0) is 16.0 Å². The Balaban J connectivity index is 2.03. The lowest BCUT2D eigenvalue weighted by Gasteiger charge is -2.18. The van der Waals surface area contributed by atoms with Crippen molar-refractivity contribution < 1.29 is 14.7 Å². The first-order valence-corrected chi connectivity index (χ1v) is 11.5. The number of carbonyl (C=O) groups is 2. The van der Waals surface area contributed by atoms with Crippen molar-refractivity contribution in [2.75, 3.05) is 0 Å². The number of aromatic nitrogens is 3. The number of unbranched alkanes of at least 4 members (excludes halogenated alkanes) is 5. The Morgan fingerprint density at radius 3 is 2.24 bits per heavy atom. The fraction of sp³-hybridized carbons (Fsp3) is 0.385. The number of aryl methyl sites for hydroxylation is 1. The zero-order chi connectivity index (χ0) is 24.0. The number of amides is 1. The average Bonchev–Trinajstić information content (AvgIpc) is 3.21. The van der Waals surface area contributed by atoms with E-state index in [2.05, 4.69) is 23.7 Å². The molecular formula is C26H32N4O3. The van der Waals surface area contributed by atoms with E-state index in [1.54, 1.807) is 6.07 Å². The van der Waals surface area contributed by atoms with Crippen molar-refractivity contribution >= 4 is 22.7 Å². The first kappa shape index (κ1) is 24.2. The Morgan fingerprint density at radius 2 is 1.67 bits per heavy atom. The molecule has 0 bridgehead atoms. The second-order valence-electron chi connectivity index (χ2n) is 8.53. The maximum absolute atomic E-state index is 12.7. The second-order valence-corrected chi connectivity index (χ2v) is 8.53. The molecule has 2 aromatic carbocycles. The molecule has 3 rings (SSSR count). The lowest BCUT2D eigenvalue weighted by atomic mass is 9.88. The van der Waals surface area contributed by atoms with Crippen molar-refractivity contribution in [3.05, 3.63) is 59.7 Å². The molecule has 7 nitrogen and oxygen atoms in total. The van der Waals surface area contributed by atoms with E-state index in [1.165, 1.54) is 31.0 Å². The molecule has 0 aliphatic rings. The van der Waals surface area contributed by atoms with E-state index in [9.17, 15) is 14.7 Å². The number of benzene rings is 2. The van der Waals surface area contributed by atoms with Crippen molar-refractivity contribution in [3.63, 3.8) is 0 Å². The van der Waals surface area contributed by atoms with Gasteiger partial charge in [-0.1, -0.05) is 63.8 Å². The highest BCUT2D eigenvalue weighted by molar-refractivity contribution is 6.13. The van der Waals surface area contributed by atoms with Gasteiger partial charge in [0.05, 0.1) is 0 Å². The summed E-state index contributed by atoms with van der Waals surface area (Å²) in [4.78, 5) is 26.4. The molecule has 174 valence electrons. The summed E-state index contributed by atoms with van der Waals surface area (Å²) in [6.45, 7) is 7.38. The summed E-state index contributed by atoms with van der Waals surface area (Å²) in [5.74, 6) is -2.91. The van der Waals surface area contributed by atoms with Gasteiger partial charge in [0.2, 0.25) is 5.91 Å². The maximum atomic E-state index is 12.7. The molecule has 1 amide bonds.